The van der Waals surface area contributed by atoms with Crippen LogP contribution >= 0.6 is 0 Å². The molecule has 8 N–H and O–H groups in total. The van der Waals surface area contributed by atoms with Gasteiger partial charge in [-0.2, -0.15) is 10.2 Å². The molecule has 142 valence electrons. The monoisotopic (exact) mass is 366 g/mol. The van der Waals surface area contributed by atoms with Gasteiger partial charge in [-0.15, -0.1) is 0 Å². The van der Waals surface area contributed by atoms with Gasteiger partial charge >= 0.3 is 5.69 Å². The smallest absolute Gasteiger partial charge is 0.323 e. The second-order valence-corrected chi connectivity index (χ2v) is 6.03. The van der Waals surface area contributed by atoms with Crippen molar-refractivity contribution in [3.8, 4) is 0 Å². The summed E-state index contributed by atoms with van der Waals surface area (Å²) in [7, 11) is 0. The number of carbonyl (C=O) groups excluding carboxylic acids is 2. The highest BCUT2D eigenvalue weighted by Gasteiger charge is 2.28. The number of nitrogens with one attached hydrogen (secondary N) is 2. The Morgan fingerprint density at radius 1 is 0.962 bits per heavy atom. The first-order chi connectivity index (χ1) is 12.0. The number of nitrogen functional groups attached to an aromatic ring is 1. The lowest BCUT2D eigenvalue weighted by atomic mass is 10.1. The number of aromatic nitrogens is 4. The van der Waals surface area contributed by atoms with E-state index in [1.54, 1.807) is 13.8 Å². The van der Waals surface area contributed by atoms with E-state index in [1.165, 1.54) is 0 Å². The zero-order valence-corrected chi connectivity index (χ0v) is 14.9. The molecule has 0 saturated heterocycles. The third-order valence-electron chi connectivity index (χ3n) is 3.41. The SMILES string of the molecule is CC(C)c1[nH]nc(C(N)=O)c1N.CC(C)c1[nH]nc(C(N)=O)c1[N+](=O)[O-]. The summed E-state index contributed by atoms with van der Waals surface area (Å²) in [4.78, 5) is 31.5. The van der Waals surface area contributed by atoms with Crippen molar-refractivity contribution in [3.05, 3.63) is 32.9 Å². The van der Waals surface area contributed by atoms with Crippen LogP contribution in [0.3, 0.4) is 0 Å². The van der Waals surface area contributed by atoms with Crippen molar-refractivity contribution in [2.45, 2.75) is 39.5 Å². The van der Waals surface area contributed by atoms with Crippen LogP contribution in [0.5, 0.6) is 0 Å². The van der Waals surface area contributed by atoms with Crippen LogP contribution in [-0.2, 0) is 0 Å². The van der Waals surface area contributed by atoms with Crippen molar-refractivity contribution in [1.29, 1.82) is 0 Å². The molecule has 0 unspecified atom stereocenters. The molecule has 12 nitrogen and oxygen atoms in total. The first-order valence-electron chi connectivity index (χ1n) is 7.64. The second kappa shape index (κ2) is 8.09. The Morgan fingerprint density at radius 2 is 1.38 bits per heavy atom. The Bertz CT molecular complexity index is 821. The number of nitro groups is 1. The molecule has 0 radical (unpaired) electrons. The number of primary amides is 2. The van der Waals surface area contributed by atoms with Crippen LogP contribution in [0.2, 0.25) is 0 Å². The van der Waals surface area contributed by atoms with E-state index >= 15 is 0 Å². The van der Waals surface area contributed by atoms with Gasteiger partial charge in [-0.05, 0) is 5.92 Å². The number of carbonyl (C=O) groups is 2. The zero-order chi connectivity index (χ0) is 20.2. The molecule has 0 aliphatic rings. The number of rotatable bonds is 5. The van der Waals surface area contributed by atoms with Crippen molar-refractivity contribution < 1.29 is 14.5 Å². The largest absolute Gasteiger partial charge is 0.395 e. The van der Waals surface area contributed by atoms with Gasteiger partial charge in [0.15, 0.2) is 5.69 Å². The molecular formula is C14H22N8O4. The molecule has 12 heteroatoms. The third-order valence-corrected chi connectivity index (χ3v) is 3.41. The molecule has 2 aromatic heterocycles. The molecular weight excluding hydrogens is 344 g/mol. The fourth-order valence-electron chi connectivity index (χ4n) is 2.10. The fourth-order valence-corrected chi connectivity index (χ4v) is 2.10. The Kier molecular flexibility index (Phi) is 6.41. The number of aromatic amines is 2. The molecule has 0 atom stereocenters. The first-order valence-corrected chi connectivity index (χ1v) is 7.64. The third kappa shape index (κ3) is 4.34. The van der Waals surface area contributed by atoms with E-state index in [-0.39, 0.29) is 28.9 Å². The summed E-state index contributed by atoms with van der Waals surface area (Å²) in [5.74, 6) is -1.41. The molecule has 2 amide bonds. The maximum atomic E-state index is 10.8. The van der Waals surface area contributed by atoms with Crippen molar-refractivity contribution in [2.75, 3.05) is 5.73 Å². The van der Waals surface area contributed by atoms with E-state index in [1.807, 2.05) is 13.8 Å². The van der Waals surface area contributed by atoms with E-state index in [0.29, 0.717) is 11.4 Å². The molecule has 0 aliphatic carbocycles. The number of hydrogen-bond donors (Lipinski definition) is 5. The summed E-state index contributed by atoms with van der Waals surface area (Å²) in [5, 5.41) is 23.0. The van der Waals surface area contributed by atoms with E-state index < -0.39 is 16.7 Å². The van der Waals surface area contributed by atoms with Gasteiger partial charge in [0.2, 0.25) is 5.69 Å². The van der Waals surface area contributed by atoms with Crippen LogP contribution in [0.1, 0.15) is 71.9 Å². The fraction of sp³-hybridized carbons (Fsp3) is 0.429. The van der Waals surface area contributed by atoms with Gasteiger partial charge in [0.1, 0.15) is 5.69 Å². The Labute approximate surface area is 148 Å². The molecule has 0 aromatic carbocycles. The van der Waals surface area contributed by atoms with Crippen molar-refractivity contribution in [2.24, 2.45) is 11.5 Å². The molecule has 0 spiro atoms. The normalized spacial score (nSPS) is 10.5. The van der Waals surface area contributed by atoms with Gasteiger partial charge in [0.05, 0.1) is 16.3 Å². The summed E-state index contributed by atoms with van der Waals surface area (Å²) in [6, 6.07) is 0. The van der Waals surface area contributed by atoms with E-state index in [9.17, 15) is 19.7 Å². The lowest BCUT2D eigenvalue weighted by Crippen LogP contribution is -2.13. The molecule has 2 aromatic rings. The lowest BCUT2D eigenvalue weighted by Gasteiger charge is -2.00. The Balaban J connectivity index is 0.000000263. The first kappa shape index (κ1) is 20.6. The quantitative estimate of drug-likeness (QED) is 0.378. The minimum Gasteiger partial charge on any atom is -0.395 e. The summed E-state index contributed by atoms with van der Waals surface area (Å²) in [5.41, 5.74) is 16.5. The van der Waals surface area contributed by atoms with Crippen LogP contribution in [-0.4, -0.2) is 37.1 Å². The van der Waals surface area contributed by atoms with Gasteiger partial charge in [-0.1, -0.05) is 27.7 Å². The van der Waals surface area contributed by atoms with Crippen molar-refractivity contribution in [1.82, 2.24) is 20.4 Å². The van der Waals surface area contributed by atoms with Crippen molar-refractivity contribution in [3.63, 3.8) is 0 Å². The van der Waals surface area contributed by atoms with Gasteiger partial charge in [0, 0.05) is 5.92 Å². The zero-order valence-electron chi connectivity index (χ0n) is 14.9. The number of nitrogens with zero attached hydrogens (tertiary/aromatic N) is 3. The number of hydrogen-bond acceptors (Lipinski definition) is 7. The van der Waals surface area contributed by atoms with Crippen LogP contribution in [0, 0.1) is 10.1 Å². The molecule has 2 rings (SSSR count). The molecule has 0 aliphatic heterocycles. The van der Waals surface area contributed by atoms with Gasteiger partial charge in [-0.3, -0.25) is 29.9 Å². The standard InChI is InChI=1S/C7H10N4O3.C7H12N4O/c1-3(2)4-6(11(13)14)5(7(8)12)10-9-4;1-3(2)5-4(8)6(7(9)12)11-10-5/h3H,1-2H3,(H2,8,12)(H,9,10);3H,8H2,1-2H3,(H2,9,12)(H,10,11). The van der Waals surface area contributed by atoms with Crippen LogP contribution in [0.25, 0.3) is 0 Å². The highest BCUT2D eigenvalue weighted by molar-refractivity contribution is 5.96. The molecule has 0 fully saturated rings. The Hall–Kier alpha value is -3.44. The average molecular weight is 366 g/mol. The highest BCUT2D eigenvalue weighted by Crippen LogP contribution is 2.26. The average Bonchev–Trinajstić information content (AvgIpc) is 3.11. The van der Waals surface area contributed by atoms with Gasteiger partial charge in [0.25, 0.3) is 11.8 Å². The lowest BCUT2D eigenvalue weighted by molar-refractivity contribution is -0.385. The minimum absolute atomic E-state index is 0.115. The van der Waals surface area contributed by atoms with Gasteiger partial charge < -0.3 is 17.2 Å². The summed E-state index contributed by atoms with van der Waals surface area (Å²) in [6.07, 6.45) is 0. The number of amides is 2. The molecule has 0 bridgehead atoms. The van der Waals surface area contributed by atoms with E-state index in [4.69, 9.17) is 17.2 Å². The molecule has 26 heavy (non-hydrogen) atoms. The molecule has 2 heterocycles. The van der Waals surface area contributed by atoms with Crippen LogP contribution < -0.4 is 17.2 Å². The second-order valence-electron chi connectivity index (χ2n) is 6.03. The van der Waals surface area contributed by atoms with E-state index in [2.05, 4.69) is 20.4 Å². The predicted molar refractivity (Wildman–Crippen MR) is 93.5 cm³/mol. The maximum Gasteiger partial charge on any atom is 0.323 e. The summed E-state index contributed by atoms with van der Waals surface area (Å²) in [6.45, 7) is 7.42. The van der Waals surface area contributed by atoms with Crippen LogP contribution in [0.15, 0.2) is 0 Å². The summed E-state index contributed by atoms with van der Waals surface area (Å²) >= 11 is 0. The van der Waals surface area contributed by atoms with Gasteiger partial charge in [-0.25, -0.2) is 0 Å². The van der Waals surface area contributed by atoms with Crippen molar-refractivity contribution >= 4 is 23.2 Å². The maximum absolute atomic E-state index is 10.8. The Morgan fingerprint density at radius 3 is 1.69 bits per heavy atom. The number of nitrogens with two attached hydrogens (primary N) is 3. The highest BCUT2D eigenvalue weighted by atomic mass is 16.6. The minimum atomic E-state index is -0.903. The number of anilines is 1. The summed E-state index contributed by atoms with van der Waals surface area (Å²) < 4.78 is 0. The van der Waals surface area contributed by atoms with Crippen LogP contribution in [0.4, 0.5) is 11.4 Å². The molecule has 0 saturated carbocycles. The topological polar surface area (TPSA) is 213 Å². The predicted octanol–water partition coefficient (Wildman–Crippen LogP) is 0.754. The number of H-pyrrole nitrogens is 2. The van der Waals surface area contributed by atoms with E-state index in [0.717, 1.165) is 5.69 Å².